The van der Waals surface area contributed by atoms with Crippen LogP contribution in [0.3, 0.4) is 0 Å². The predicted octanol–water partition coefficient (Wildman–Crippen LogP) is 3.11. The van der Waals surface area contributed by atoms with Crippen molar-refractivity contribution in [2.24, 2.45) is 5.92 Å². The number of aromatic nitrogens is 1. The molecule has 0 atom stereocenters. The van der Waals surface area contributed by atoms with Gasteiger partial charge < -0.3 is 9.64 Å². The molecule has 0 bridgehead atoms. The maximum Gasteiger partial charge on any atom is 0.324 e. The molecule has 0 N–H and O–H groups in total. The van der Waals surface area contributed by atoms with Crippen LogP contribution in [0, 0.1) is 17.2 Å². The van der Waals surface area contributed by atoms with E-state index in [0.717, 1.165) is 5.75 Å². The Labute approximate surface area is 164 Å². The Bertz CT molecular complexity index is 879. The molecule has 1 aromatic heterocycles. The maximum absolute atomic E-state index is 12.7. The van der Waals surface area contributed by atoms with Gasteiger partial charge >= 0.3 is 6.03 Å². The van der Waals surface area contributed by atoms with Gasteiger partial charge in [0.25, 0.3) is 0 Å². The van der Waals surface area contributed by atoms with E-state index in [1.165, 1.54) is 11.1 Å². The molecule has 0 unspecified atom stereocenters. The lowest BCUT2D eigenvalue weighted by Crippen LogP contribution is -2.46. The number of ketones is 1. The van der Waals surface area contributed by atoms with Gasteiger partial charge in [-0.25, -0.2) is 9.78 Å². The smallest absolute Gasteiger partial charge is 0.324 e. The van der Waals surface area contributed by atoms with Gasteiger partial charge in [-0.1, -0.05) is 0 Å². The van der Waals surface area contributed by atoms with Crippen LogP contribution in [-0.4, -0.2) is 48.9 Å². The fourth-order valence-electron chi connectivity index (χ4n) is 3.30. The SMILES string of the molecule is COc1ccc(C(=O)C2CCN(C(=O)N(C)c3ccc(C#N)nc3)CC2)cc1. The quantitative estimate of drug-likeness (QED) is 0.763. The second-order valence-electron chi connectivity index (χ2n) is 6.71. The van der Waals surface area contributed by atoms with Crippen LogP contribution in [0.5, 0.6) is 5.75 Å². The van der Waals surface area contributed by atoms with E-state index in [1.807, 2.05) is 6.07 Å². The molecule has 0 aliphatic carbocycles. The lowest BCUT2D eigenvalue weighted by Gasteiger charge is -2.34. The Morgan fingerprint density at radius 1 is 1.18 bits per heavy atom. The number of hydrogen-bond donors (Lipinski definition) is 0. The van der Waals surface area contributed by atoms with Crippen LogP contribution in [0.1, 0.15) is 28.9 Å². The number of likely N-dealkylation sites (tertiary alicyclic amines) is 1. The maximum atomic E-state index is 12.7. The number of hydrogen-bond acceptors (Lipinski definition) is 5. The zero-order valence-corrected chi connectivity index (χ0v) is 16.0. The Morgan fingerprint density at radius 3 is 2.39 bits per heavy atom. The van der Waals surface area contributed by atoms with Crippen LogP contribution >= 0.6 is 0 Å². The molecule has 1 aliphatic heterocycles. The van der Waals surface area contributed by atoms with Crippen LogP contribution in [0.2, 0.25) is 0 Å². The summed E-state index contributed by atoms with van der Waals surface area (Å²) in [5.74, 6) is 0.746. The van der Waals surface area contributed by atoms with Crippen molar-refractivity contribution in [2.75, 3.05) is 32.1 Å². The van der Waals surface area contributed by atoms with Gasteiger partial charge in [0.1, 0.15) is 17.5 Å². The molecule has 3 rings (SSSR count). The Morgan fingerprint density at radius 2 is 1.86 bits per heavy atom. The van der Waals surface area contributed by atoms with Gasteiger partial charge in [0.05, 0.1) is 19.0 Å². The molecule has 144 valence electrons. The minimum Gasteiger partial charge on any atom is -0.497 e. The zero-order chi connectivity index (χ0) is 20.1. The van der Waals surface area contributed by atoms with E-state index >= 15 is 0 Å². The van der Waals surface area contributed by atoms with E-state index in [9.17, 15) is 9.59 Å². The first-order valence-electron chi connectivity index (χ1n) is 9.10. The Hall–Kier alpha value is -3.40. The number of amides is 2. The third-order valence-electron chi connectivity index (χ3n) is 5.05. The average Bonchev–Trinajstić information content (AvgIpc) is 2.78. The number of Topliss-reactive ketones (excluding diaryl/α,β-unsaturated/α-hetero) is 1. The van der Waals surface area contributed by atoms with Crippen molar-refractivity contribution in [3.63, 3.8) is 0 Å². The highest BCUT2D eigenvalue weighted by molar-refractivity contribution is 5.98. The predicted molar refractivity (Wildman–Crippen MR) is 104 cm³/mol. The van der Waals surface area contributed by atoms with Crippen molar-refractivity contribution >= 4 is 17.5 Å². The molecule has 2 amide bonds. The van der Waals surface area contributed by atoms with E-state index < -0.39 is 0 Å². The summed E-state index contributed by atoms with van der Waals surface area (Å²) in [6.45, 7) is 1.05. The Kier molecular flexibility index (Phi) is 5.90. The summed E-state index contributed by atoms with van der Waals surface area (Å²) >= 11 is 0. The average molecular weight is 378 g/mol. The third-order valence-corrected chi connectivity index (χ3v) is 5.05. The molecule has 1 saturated heterocycles. The molecule has 0 saturated carbocycles. The van der Waals surface area contributed by atoms with Crippen molar-refractivity contribution in [3.8, 4) is 11.8 Å². The number of carbonyl (C=O) groups is 2. The molecule has 28 heavy (non-hydrogen) atoms. The van der Waals surface area contributed by atoms with Gasteiger partial charge in [-0.2, -0.15) is 5.26 Å². The molecule has 7 nitrogen and oxygen atoms in total. The fraction of sp³-hybridized carbons (Fsp3) is 0.333. The number of nitriles is 1. The monoisotopic (exact) mass is 378 g/mol. The second kappa shape index (κ2) is 8.53. The molecule has 1 aliphatic rings. The fourth-order valence-corrected chi connectivity index (χ4v) is 3.30. The second-order valence-corrected chi connectivity index (χ2v) is 6.71. The van der Waals surface area contributed by atoms with E-state index in [0.29, 0.717) is 42.9 Å². The van der Waals surface area contributed by atoms with E-state index in [2.05, 4.69) is 4.98 Å². The molecule has 2 heterocycles. The number of pyridine rings is 1. The first kappa shape index (κ1) is 19.4. The van der Waals surface area contributed by atoms with Gasteiger partial charge in [-0.3, -0.25) is 9.69 Å². The number of ether oxygens (including phenoxy) is 1. The summed E-state index contributed by atoms with van der Waals surface area (Å²) < 4.78 is 5.13. The van der Waals surface area contributed by atoms with E-state index in [-0.39, 0.29) is 17.7 Å². The summed E-state index contributed by atoms with van der Waals surface area (Å²) in [5, 5.41) is 8.82. The lowest BCUT2D eigenvalue weighted by atomic mass is 9.89. The Balaban J connectivity index is 1.58. The van der Waals surface area contributed by atoms with Crippen LogP contribution in [0.15, 0.2) is 42.6 Å². The summed E-state index contributed by atoms with van der Waals surface area (Å²) in [5.41, 5.74) is 1.61. The number of carbonyl (C=O) groups excluding carboxylic acids is 2. The number of urea groups is 1. The van der Waals surface area contributed by atoms with Crippen molar-refractivity contribution in [1.82, 2.24) is 9.88 Å². The summed E-state index contributed by atoms with van der Waals surface area (Å²) in [4.78, 5) is 32.7. The summed E-state index contributed by atoms with van der Waals surface area (Å²) in [6.07, 6.45) is 2.78. The van der Waals surface area contributed by atoms with Gasteiger partial charge in [0.2, 0.25) is 0 Å². The first-order valence-corrected chi connectivity index (χ1v) is 9.10. The highest BCUT2D eigenvalue weighted by atomic mass is 16.5. The number of methoxy groups -OCH3 is 1. The molecule has 0 radical (unpaired) electrons. The number of rotatable bonds is 4. The highest BCUT2D eigenvalue weighted by Crippen LogP contribution is 2.24. The zero-order valence-electron chi connectivity index (χ0n) is 16.0. The van der Waals surface area contributed by atoms with Crippen LogP contribution in [0.25, 0.3) is 0 Å². The minimum atomic E-state index is -0.137. The highest BCUT2D eigenvalue weighted by Gasteiger charge is 2.29. The molecule has 0 spiro atoms. The lowest BCUT2D eigenvalue weighted by molar-refractivity contribution is 0.0857. The summed E-state index contributed by atoms with van der Waals surface area (Å²) in [7, 11) is 3.27. The first-order chi connectivity index (χ1) is 13.5. The topological polar surface area (TPSA) is 86.5 Å². The molecular formula is C21H22N4O3. The van der Waals surface area contributed by atoms with Gasteiger partial charge in [-0.15, -0.1) is 0 Å². The van der Waals surface area contributed by atoms with Gasteiger partial charge in [-0.05, 0) is 49.2 Å². The van der Waals surface area contributed by atoms with Crippen molar-refractivity contribution < 1.29 is 14.3 Å². The third kappa shape index (κ3) is 4.12. The molecule has 2 aromatic rings. The van der Waals surface area contributed by atoms with E-state index in [1.54, 1.807) is 55.5 Å². The molecular weight excluding hydrogens is 356 g/mol. The molecule has 7 heteroatoms. The number of piperidine rings is 1. The standard InChI is InChI=1S/C21H22N4O3/c1-24(18-6-5-17(13-22)23-14-18)21(27)25-11-9-16(10-12-25)20(26)15-3-7-19(28-2)8-4-15/h3-8,14,16H,9-12H2,1-2H3. The minimum absolute atomic E-state index is 0.0840. The van der Waals surface area contributed by atoms with Crippen LogP contribution in [-0.2, 0) is 0 Å². The van der Waals surface area contributed by atoms with Crippen molar-refractivity contribution in [2.45, 2.75) is 12.8 Å². The van der Waals surface area contributed by atoms with Crippen LogP contribution < -0.4 is 9.64 Å². The van der Waals surface area contributed by atoms with Gasteiger partial charge in [0.15, 0.2) is 5.78 Å². The van der Waals surface area contributed by atoms with Gasteiger partial charge in [0, 0.05) is 31.6 Å². The van der Waals surface area contributed by atoms with Crippen LogP contribution in [0.4, 0.5) is 10.5 Å². The molecule has 1 aromatic carbocycles. The summed E-state index contributed by atoms with van der Waals surface area (Å²) in [6, 6.07) is 12.2. The number of nitrogens with zero attached hydrogens (tertiary/aromatic N) is 4. The largest absolute Gasteiger partial charge is 0.497 e. The number of benzene rings is 1. The van der Waals surface area contributed by atoms with Crippen molar-refractivity contribution in [3.05, 3.63) is 53.9 Å². The van der Waals surface area contributed by atoms with E-state index in [4.69, 9.17) is 10.00 Å². The normalized spacial score (nSPS) is 14.2. The molecule has 1 fully saturated rings. The number of anilines is 1. The van der Waals surface area contributed by atoms with Crippen molar-refractivity contribution in [1.29, 1.82) is 5.26 Å².